The largest absolute Gasteiger partial charge is 0.325 e. The Morgan fingerprint density at radius 3 is 2.78 bits per heavy atom. The van der Waals surface area contributed by atoms with Crippen LogP contribution in [-0.4, -0.2) is 26.4 Å². The molecule has 7 heteroatoms. The lowest BCUT2D eigenvalue weighted by molar-refractivity contribution is -0.113. The fraction of sp³-hybridized carbons (Fsp3) is 0.438. The molecule has 2 aromatic rings. The van der Waals surface area contributed by atoms with Gasteiger partial charge in [-0.2, -0.15) is 0 Å². The van der Waals surface area contributed by atoms with E-state index in [1.165, 1.54) is 11.8 Å². The Hall–Kier alpha value is -1.53. The molecule has 0 aliphatic heterocycles. The number of halogens is 1. The van der Waals surface area contributed by atoms with Gasteiger partial charge in [0.2, 0.25) is 5.91 Å². The molecule has 1 heterocycles. The minimum Gasteiger partial charge on any atom is -0.325 e. The number of aromatic nitrogens is 3. The van der Waals surface area contributed by atoms with Crippen molar-refractivity contribution in [3.8, 4) is 0 Å². The predicted molar refractivity (Wildman–Crippen MR) is 95.3 cm³/mol. The van der Waals surface area contributed by atoms with E-state index in [2.05, 4.69) is 33.9 Å². The van der Waals surface area contributed by atoms with Crippen molar-refractivity contribution in [2.24, 2.45) is 0 Å². The van der Waals surface area contributed by atoms with E-state index in [-0.39, 0.29) is 17.7 Å². The van der Waals surface area contributed by atoms with E-state index < -0.39 is 0 Å². The molecule has 1 aromatic heterocycles. The van der Waals surface area contributed by atoms with Gasteiger partial charge in [-0.3, -0.25) is 4.79 Å². The number of carbonyl (C=O) groups excluding carboxylic acids is 1. The molecule has 0 bridgehead atoms. The van der Waals surface area contributed by atoms with Gasteiger partial charge in [-0.1, -0.05) is 36.4 Å². The van der Waals surface area contributed by atoms with Crippen molar-refractivity contribution in [2.75, 3.05) is 11.1 Å². The summed E-state index contributed by atoms with van der Waals surface area (Å²) in [6.07, 6.45) is 0.819. The van der Waals surface area contributed by atoms with Crippen molar-refractivity contribution >= 4 is 35.0 Å². The van der Waals surface area contributed by atoms with Crippen LogP contribution in [0.25, 0.3) is 0 Å². The summed E-state index contributed by atoms with van der Waals surface area (Å²) in [7, 11) is 0. The molecule has 2 rings (SSSR count). The number of carbonyl (C=O) groups is 1. The topological polar surface area (TPSA) is 59.8 Å². The van der Waals surface area contributed by atoms with E-state index in [0.717, 1.165) is 28.7 Å². The summed E-state index contributed by atoms with van der Waals surface area (Å²) < 4.78 is 2.07. The van der Waals surface area contributed by atoms with Gasteiger partial charge in [0.25, 0.3) is 0 Å². The third-order valence-electron chi connectivity index (χ3n) is 3.44. The van der Waals surface area contributed by atoms with Crippen LogP contribution in [0.5, 0.6) is 0 Å². The third kappa shape index (κ3) is 4.26. The maximum Gasteiger partial charge on any atom is 0.234 e. The zero-order valence-corrected chi connectivity index (χ0v) is 15.3. The van der Waals surface area contributed by atoms with Crippen LogP contribution in [0.15, 0.2) is 23.4 Å². The van der Waals surface area contributed by atoms with Crippen LogP contribution in [0.1, 0.15) is 38.2 Å². The van der Waals surface area contributed by atoms with Crippen LogP contribution < -0.4 is 5.32 Å². The van der Waals surface area contributed by atoms with Gasteiger partial charge in [-0.05, 0) is 38.5 Å². The number of hydrogen-bond donors (Lipinski definition) is 1. The van der Waals surface area contributed by atoms with E-state index in [0.29, 0.717) is 5.02 Å². The van der Waals surface area contributed by atoms with Gasteiger partial charge < -0.3 is 9.88 Å². The molecule has 0 aliphatic carbocycles. The van der Waals surface area contributed by atoms with Crippen molar-refractivity contribution in [1.29, 1.82) is 0 Å². The predicted octanol–water partition coefficient (Wildman–Crippen LogP) is 4.11. The molecule has 0 saturated heterocycles. The quantitative estimate of drug-likeness (QED) is 0.794. The number of hydrogen-bond acceptors (Lipinski definition) is 4. The minimum atomic E-state index is -0.0864. The summed E-state index contributed by atoms with van der Waals surface area (Å²) in [5.41, 5.74) is 1.61. The van der Waals surface area contributed by atoms with Crippen molar-refractivity contribution in [1.82, 2.24) is 14.8 Å². The Labute approximate surface area is 145 Å². The lowest BCUT2D eigenvalue weighted by atomic mass is 10.2. The summed E-state index contributed by atoms with van der Waals surface area (Å²) in [6, 6.07) is 5.73. The molecule has 0 aliphatic rings. The molecule has 1 N–H and O–H groups in total. The average molecular weight is 353 g/mol. The standard InChI is InChI=1S/C16H21ClN4OS/c1-5-14-19-20-16(21(14)10(2)3)23-9-15(22)18-13-8-6-7-12(17)11(13)4/h6-8,10H,5,9H2,1-4H3,(H,18,22). The molecular weight excluding hydrogens is 332 g/mol. The van der Waals surface area contributed by atoms with E-state index in [1.54, 1.807) is 6.07 Å². The highest BCUT2D eigenvalue weighted by Gasteiger charge is 2.15. The first-order valence-corrected chi connectivity index (χ1v) is 8.92. The second kappa shape index (κ2) is 7.84. The fourth-order valence-corrected chi connectivity index (χ4v) is 3.29. The van der Waals surface area contributed by atoms with Crippen LogP contribution in [0, 0.1) is 6.92 Å². The Bertz CT molecular complexity index is 699. The third-order valence-corrected chi connectivity index (χ3v) is 4.79. The summed E-state index contributed by atoms with van der Waals surface area (Å²) in [5, 5.41) is 12.7. The number of thioether (sulfide) groups is 1. The first-order valence-electron chi connectivity index (χ1n) is 7.55. The molecule has 0 saturated carbocycles. The Kier molecular flexibility index (Phi) is 6.07. The second-order valence-electron chi connectivity index (χ2n) is 5.47. The van der Waals surface area contributed by atoms with Gasteiger partial charge in [-0.25, -0.2) is 0 Å². The Morgan fingerprint density at radius 1 is 1.39 bits per heavy atom. The molecule has 0 fully saturated rings. The zero-order valence-electron chi connectivity index (χ0n) is 13.8. The highest BCUT2D eigenvalue weighted by Crippen LogP contribution is 2.24. The number of nitrogens with one attached hydrogen (secondary N) is 1. The van der Waals surface area contributed by atoms with Gasteiger partial charge in [0, 0.05) is 23.2 Å². The smallest absolute Gasteiger partial charge is 0.234 e. The van der Waals surface area contributed by atoms with Crippen molar-refractivity contribution in [3.05, 3.63) is 34.6 Å². The molecule has 0 radical (unpaired) electrons. The molecule has 5 nitrogen and oxygen atoms in total. The molecule has 0 unspecified atom stereocenters. The second-order valence-corrected chi connectivity index (χ2v) is 6.82. The minimum absolute atomic E-state index is 0.0864. The van der Waals surface area contributed by atoms with Gasteiger partial charge in [0.05, 0.1) is 5.75 Å². The highest BCUT2D eigenvalue weighted by molar-refractivity contribution is 7.99. The maximum atomic E-state index is 12.2. The zero-order chi connectivity index (χ0) is 17.0. The highest BCUT2D eigenvalue weighted by atomic mass is 35.5. The molecule has 23 heavy (non-hydrogen) atoms. The first-order chi connectivity index (χ1) is 10.9. The normalized spacial score (nSPS) is 11.0. The summed E-state index contributed by atoms with van der Waals surface area (Å²) in [5.74, 6) is 1.13. The summed E-state index contributed by atoms with van der Waals surface area (Å²) in [4.78, 5) is 12.2. The van der Waals surface area contributed by atoms with Crippen molar-refractivity contribution < 1.29 is 4.79 Å². The van der Waals surface area contributed by atoms with Crippen LogP contribution in [0.4, 0.5) is 5.69 Å². The number of amides is 1. The number of rotatable bonds is 6. The molecule has 0 spiro atoms. The Morgan fingerprint density at radius 2 is 2.13 bits per heavy atom. The van der Waals surface area contributed by atoms with E-state index in [1.807, 2.05) is 26.0 Å². The monoisotopic (exact) mass is 352 g/mol. The van der Waals surface area contributed by atoms with Crippen molar-refractivity contribution in [2.45, 2.75) is 45.3 Å². The maximum absolute atomic E-state index is 12.2. The van der Waals surface area contributed by atoms with E-state index in [4.69, 9.17) is 11.6 Å². The van der Waals surface area contributed by atoms with Gasteiger partial charge in [0.1, 0.15) is 5.82 Å². The summed E-state index contributed by atoms with van der Waals surface area (Å²) >= 11 is 7.46. The fourth-order valence-electron chi connectivity index (χ4n) is 2.22. The first kappa shape index (κ1) is 17.8. The lowest BCUT2D eigenvalue weighted by Crippen LogP contribution is -2.16. The lowest BCUT2D eigenvalue weighted by Gasteiger charge is -2.13. The molecule has 1 aromatic carbocycles. The van der Waals surface area contributed by atoms with Crippen LogP contribution in [-0.2, 0) is 11.2 Å². The van der Waals surface area contributed by atoms with E-state index >= 15 is 0 Å². The number of aryl methyl sites for hydroxylation is 1. The molecule has 124 valence electrons. The molecule has 1 amide bonds. The number of benzene rings is 1. The SMILES string of the molecule is CCc1nnc(SCC(=O)Nc2cccc(Cl)c2C)n1C(C)C. The summed E-state index contributed by atoms with van der Waals surface area (Å²) in [6.45, 7) is 8.10. The van der Waals surface area contributed by atoms with Crippen LogP contribution >= 0.6 is 23.4 Å². The molecule has 0 atom stereocenters. The number of anilines is 1. The van der Waals surface area contributed by atoms with Crippen LogP contribution in [0.2, 0.25) is 5.02 Å². The van der Waals surface area contributed by atoms with Crippen molar-refractivity contribution in [3.63, 3.8) is 0 Å². The van der Waals surface area contributed by atoms with Gasteiger partial charge >= 0.3 is 0 Å². The average Bonchev–Trinajstić information content (AvgIpc) is 2.93. The molecular formula is C16H21ClN4OS. The number of nitrogens with zero attached hydrogens (tertiary/aromatic N) is 3. The van der Waals surface area contributed by atoms with Gasteiger partial charge in [0.15, 0.2) is 5.16 Å². The van der Waals surface area contributed by atoms with Crippen LogP contribution in [0.3, 0.4) is 0 Å². The van der Waals surface area contributed by atoms with E-state index in [9.17, 15) is 4.79 Å². The Balaban J connectivity index is 2.02. The van der Waals surface area contributed by atoms with Gasteiger partial charge in [-0.15, -0.1) is 10.2 Å².